The molecule has 0 saturated heterocycles. The van der Waals surface area contributed by atoms with E-state index >= 15 is 0 Å². The van der Waals surface area contributed by atoms with Crippen LogP contribution in [0.3, 0.4) is 0 Å². The van der Waals surface area contributed by atoms with Crippen molar-refractivity contribution in [1.82, 2.24) is 4.90 Å². The fraction of sp³-hybridized carbons (Fsp3) is 0.500. The van der Waals surface area contributed by atoms with E-state index in [9.17, 15) is 0 Å². The second kappa shape index (κ2) is 4.37. The van der Waals surface area contributed by atoms with E-state index in [1.54, 1.807) is 0 Å². The van der Waals surface area contributed by atoms with Crippen molar-refractivity contribution >= 4 is 6.21 Å². The molecule has 0 spiro atoms. The molecule has 0 atom stereocenters. The molecule has 2 heteroatoms. The Balaban J connectivity index is 3.31. The fourth-order valence-corrected chi connectivity index (χ4v) is 0.459. The Labute approximate surface area is 50.3 Å². The number of nitrogens with one attached hydrogen (secondary N) is 1. The molecule has 0 aromatic carbocycles. The largest absolute Gasteiger partial charge is 0.375 e. The maximum absolute atomic E-state index is 6.71. The highest BCUT2D eigenvalue weighted by Crippen LogP contribution is 1.78. The quantitative estimate of drug-likeness (QED) is 0.544. The number of nitrogens with zero attached hydrogens (tertiary/aromatic N) is 1. The van der Waals surface area contributed by atoms with Gasteiger partial charge in [-0.2, -0.15) is 0 Å². The summed E-state index contributed by atoms with van der Waals surface area (Å²) < 4.78 is 0. The van der Waals surface area contributed by atoms with Crippen LogP contribution in [0.15, 0.2) is 12.3 Å². The van der Waals surface area contributed by atoms with E-state index in [0.29, 0.717) is 6.54 Å². The molecular formula is C6H12N2. The van der Waals surface area contributed by atoms with E-state index in [0.717, 1.165) is 0 Å². The van der Waals surface area contributed by atoms with Crippen LogP contribution in [0.1, 0.15) is 6.92 Å². The topological polar surface area (TPSA) is 27.1 Å². The minimum atomic E-state index is 0.699. The van der Waals surface area contributed by atoms with Crippen molar-refractivity contribution in [2.75, 3.05) is 13.6 Å². The third kappa shape index (κ3) is 3.40. The summed E-state index contributed by atoms with van der Waals surface area (Å²) in [5, 5.41) is 6.71. The van der Waals surface area contributed by atoms with E-state index in [2.05, 4.69) is 0 Å². The van der Waals surface area contributed by atoms with Crippen LogP contribution in [0.4, 0.5) is 0 Å². The number of hydrogen-bond donors (Lipinski definition) is 1. The van der Waals surface area contributed by atoms with Crippen LogP contribution in [-0.2, 0) is 0 Å². The van der Waals surface area contributed by atoms with E-state index < -0.39 is 0 Å². The number of allylic oxidation sites excluding steroid dienone is 1. The second-order valence-electron chi connectivity index (χ2n) is 1.63. The maximum Gasteiger partial charge on any atom is 0.0516 e. The molecule has 0 aromatic rings. The molecule has 0 aromatic heterocycles. The molecule has 0 aliphatic heterocycles. The van der Waals surface area contributed by atoms with Gasteiger partial charge in [0.1, 0.15) is 0 Å². The van der Waals surface area contributed by atoms with Gasteiger partial charge in [0.25, 0.3) is 0 Å². The first-order chi connectivity index (χ1) is 3.81. The molecule has 0 aliphatic rings. The summed E-state index contributed by atoms with van der Waals surface area (Å²) in [5.74, 6) is 0. The fourth-order valence-electron chi connectivity index (χ4n) is 0.459. The van der Waals surface area contributed by atoms with Crippen LogP contribution in [0, 0.1) is 5.41 Å². The van der Waals surface area contributed by atoms with Gasteiger partial charge >= 0.3 is 0 Å². The predicted molar refractivity (Wildman–Crippen MR) is 36.2 cm³/mol. The van der Waals surface area contributed by atoms with Crippen LogP contribution in [0.5, 0.6) is 0 Å². The number of rotatable bonds is 3. The highest BCUT2D eigenvalue weighted by molar-refractivity contribution is 5.55. The molecule has 0 unspecified atom stereocenters. The molecule has 46 valence electrons. The van der Waals surface area contributed by atoms with Gasteiger partial charge in [0, 0.05) is 13.3 Å². The lowest BCUT2D eigenvalue weighted by atomic mass is 10.6. The van der Waals surface area contributed by atoms with Crippen LogP contribution >= 0.6 is 0 Å². The molecule has 0 rings (SSSR count). The van der Waals surface area contributed by atoms with Crippen molar-refractivity contribution in [2.45, 2.75) is 6.92 Å². The molecule has 0 amide bonds. The zero-order valence-corrected chi connectivity index (χ0v) is 5.39. The van der Waals surface area contributed by atoms with Gasteiger partial charge in [0.05, 0.1) is 6.54 Å². The van der Waals surface area contributed by atoms with Gasteiger partial charge < -0.3 is 10.3 Å². The monoisotopic (exact) mass is 112 g/mol. The van der Waals surface area contributed by atoms with Crippen LogP contribution in [0.2, 0.25) is 0 Å². The summed E-state index contributed by atoms with van der Waals surface area (Å²) >= 11 is 0. The van der Waals surface area contributed by atoms with E-state index in [-0.39, 0.29) is 0 Å². The molecule has 0 fully saturated rings. The van der Waals surface area contributed by atoms with Gasteiger partial charge in [0.2, 0.25) is 0 Å². The Morgan fingerprint density at radius 1 is 1.62 bits per heavy atom. The molecule has 0 aliphatic carbocycles. The zero-order valence-electron chi connectivity index (χ0n) is 5.39. The minimum Gasteiger partial charge on any atom is -0.375 e. The highest BCUT2D eigenvalue weighted by Gasteiger charge is 1.80. The highest BCUT2D eigenvalue weighted by atomic mass is 15.1. The molecule has 8 heavy (non-hydrogen) atoms. The van der Waals surface area contributed by atoms with Crippen LogP contribution in [-0.4, -0.2) is 24.7 Å². The summed E-state index contributed by atoms with van der Waals surface area (Å²) in [6.45, 7) is 2.66. The summed E-state index contributed by atoms with van der Waals surface area (Å²) in [5.41, 5.74) is 0. The summed E-state index contributed by atoms with van der Waals surface area (Å²) in [6.07, 6.45) is 5.26. The van der Waals surface area contributed by atoms with Crippen molar-refractivity contribution in [2.24, 2.45) is 0 Å². The Morgan fingerprint density at radius 2 is 2.25 bits per heavy atom. The van der Waals surface area contributed by atoms with Crippen molar-refractivity contribution < 1.29 is 0 Å². The van der Waals surface area contributed by atoms with E-state index in [1.165, 1.54) is 6.21 Å². The zero-order chi connectivity index (χ0) is 6.41. The number of hydrogen-bond acceptors (Lipinski definition) is 2. The van der Waals surface area contributed by atoms with Crippen LogP contribution < -0.4 is 0 Å². The summed E-state index contributed by atoms with van der Waals surface area (Å²) in [4.78, 5) is 1.94. The normalized spacial score (nSPS) is 9.75. The molecule has 0 saturated carbocycles. The first-order valence-corrected chi connectivity index (χ1v) is 2.63. The lowest BCUT2D eigenvalue weighted by Gasteiger charge is -2.07. The molecule has 1 N–H and O–H groups in total. The van der Waals surface area contributed by atoms with Gasteiger partial charge in [-0.3, -0.25) is 0 Å². The molecule has 0 radical (unpaired) electrons. The second-order valence-corrected chi connectivity index (χ2v) is 1.63. The summed E-state index contributed by atoms with van der Waals surface area (Å²) in [7, 11) is 1.94. The SMILES string of the molecule is CC=CN(C)CC=N. The van der Waals surface area contributed by atoms with Crippen LogP contribution in [0.25, 0.3) is 0 Å². The van der Waals surface area contributed by atoms with E-state index in [1.807, 2.05) is 31.1 Å². The standard InChI is InChI=1S/C6H12N2/c1-3-5-8(2)6-4-7/h3-5,7H,6H2,1-2H3. The Kier molecular flexibility index (Phi) is 3.94. The Morgan fingerprint density at radius 3 is 2.62 bits per heavy atom. The van der Waals surface area contributed by atoms with Gasteiger partial charge in [-0.1, -0.05) is 6.08 Å². The molecule has 0 bridgehead atoms. The van der Waals surface area contributed by atoms with Gasteiger partial charge in [-0.05, 0) is 13.1 Å². The Hall–Kier alpha value is -0.790. The maximum atomic E-state index is 6.71. The minimum absolute atomic E-state index is 0.699. The average Bonchev–Trinajstić information content (AvgIpc) is 1.68. The lowest BCUT2D eigenvalue weighted by Crippen LogP contribution is -2.12. The first-order valence-electron chi connectivity index (χ1n) is 2.63. The molecular weight excluding hydrogens is 100 g/mol. The van der Waals surface area contributed by atoms with Gasteiger partial charge in [0.15, 0.2) is 0 Å². The summed E-state index contributed by atoms with van der Waals surface area (Å²) in [6, 6.07) is 0. The van der Waals surface area contributed by atoms with Gasteiger partial charge in [-0.15, -0.1) is 0 Å². The molecule has 0 heterocycles. The third-order valence-electron chi connectivity index (χ3n) is 0.783. The van der Waals surface area contributed by atoms with Crippen molar-refractivity contribution in [3.63, 3.8) is 0 Å². The Bertz CT molecular complexity index is 86.5. The van der Waals surface area contributed by atoms with Crippen molar-refractivity contribution in [3.8, 4) is 0 Å². The molecule has 2 nitrogen and oxygen atoms in total. The third-order valence-corrected chi connectivity index (χ3v) is 0.783. The predicted octanol–water partition coefficient (Wildman–Crippen LogP) is 1.10. The van der Waals surface area contributed by atoms with Gasteiger partial charge in [-0.25, -0.2) is 0 Å². The van der Waals surface area contributed by atoms with E-state index in [4.69, 9.17) is 5.41 Å². The van der Waals surface area contributed by atoms with Crippen molar-refractivity contribution in [3.05, 3.63) is 12.3 Å². The average molecular weight is 112 g/mol. The smallest absolute Gasteiger partial charge is 0.0516 e. The van der Waals surface area contributed by atoms with Crippen molar-refractivity contribution in [1.29, 1.82) is 5.41 Å². The first kappa shape index (κ1) is 7.21. The lowest BCUT2D eigenvalue weighted by molar-refractivity contribution is 0.527.